The molecule has 1 heterocycles. The number of rotatable bonds is 7. The second kappa shape index (κ2) is 7.41. The van der Waals surface area contributed by atoms with Crippen molar-refractivity contribution < 1.29 is 0 Å². The minimum Gasteiger partial charge on any atom is -0.316 e. The fourth-order valence-corrected chi connectivity index (χ4v) is 2.58. The molecule has 2 aromatic rings. The first kappa shape index (κ1) is 15.8. The second-order valence-corrected chi connectivity index (χ2v) is 6.00. The molecule has 1 N–H and O–H groups in total. The summed E-state index contributed by atoms with van der Waals surface area (Å²) in [5.74, 6) is 0.473. The molecule has 0 aliphatic rings. The third-order valence-corrected chi connectivity index (χ3v) is 3.80. The number of benzene rings is 1. The second-order valence-electron chi connectivity index (χ2n) is 6.00. The molecule has 2 rings (SSSR count). The Morgan fingerprint density at radius 2 is 2.05 bits per heavy atom. The van der Waals surface area contributed by atoms with Gasteiger partial charge in [-0.15, -0.1) is 0 Å². The summed E-state index contributed by atoms with van der Waals surface area (Å²) in [5, 5.41) is 8.18. The largest absolute Gasteiger partial charge is 0.316 e. The molecule has 1 aromatic carbocycles. The van der Waals surface area contributed by atoms with Gasteiger partial charge in [-0.3, -0.25) is 4.68 Å². The van der Waals surface area contributed by atoms with Gasteiger partial charge in [0.2, 0.25) is 0 Å². The van der Waals surface area contributed by atoms with Gasteiger partial charge in [0.05, 0.1) is 5.69 Å². The van der Waals surface area contributed by atoms with Crippen LogP contribution in [0.4, 0.5) is 0 Å². The van der Waals surface area contributed by atoms with Crippen molar-refractivity contribution in [2.24, 2.45) is 0 Å². The molecule has 0 saturated heterocycles. The van der Waals surface area contributed by atoms with Crippen molar-refractivity contribution in [1.29, 1.82) is 0 Å². The van der Waals surface area contributed by atoms with Gasteiger partial charge in [-0.25, -0.2) is 0 Å². The summed E-state index contributed by atoms with van der Waals surface area (Å²) in [6.45, 7) is 10.6. The zero-order valence-electron chi connectivity index (χ0n) is 13.6. The number of nitrogens with one attached hydrogen (secondary N) is 1. The van der Waals surface area contributed by atoms with Gasteiger partial charge in [-0.1, -0.05) is 36.8 Å². The molecule has 0 amide bonds. The van der Waals surface area contributed by atoms with E-state index >= 15 is 0 Å². The third kappa shape index (κ3) is 4.43. The van der Waals surface area contributed by atoms with E-state index in [1.807, 2.05) is 4.68 Å². The Morgan fingerprint density at radius 3 is 2.67 bits per heavy atom. The van der Waals surface area contributed by atoms with Crippen LogP contribution in [-0.4, -0.2) is 22.9 Å². The minimum atomic E-state index is 0.421. The van der Waals surface area contributed by atoms with Crippen LogP contribution in [-0.2, 0) is 6.42 Å². The van der Waals surface area contributed by atoms with Gasteiger partial charge in [0, 0.05) is 24.7 Å². The van der Waals surface area contributed by atoms with E-state index in [9.17, 15) is 0 Å². The fourth-order valence-electron chi connectivity index (χ4n) is 2.58. The monoisotopic (exact) mass is 285 g/mol. The van der Waals surface area contributed by atoms with Crippen LogP contribution in [0.1, 0.15) is 49.6 Å². The van der Waals surface area contributed by atoms with Crippen LogP contribution in [0.15, 0.2) is 36.5 Å². The van der Waals surface area contributed by atoms with E-state index in [-0.39, 0.29) is 0 Å². The Kier molecular flexibility index (Phi) is 5.57. The van der Waals surface area contributed by atoms with Gasteiger partial charge < -0.3 is 5.32 Å². The summed E-state index contributed by atoms with van der Waals surface area (Å²) in [4.78, 5) is 0. The Labute approximate surface area is 128 Å². The van der Waals surface area contributed by atoms with Gasteiger partial charge in [-0.2, -0.15) is 5.10 Å². The van der Waals surface area contributed by atoms with Crippen LogP contribution in [0.5, 0.6) is 0 Å². The van der Waals surface area contributed by atoms with Crippen molar-refractivity contribution in [3.05, 3.63) is 53.3 Å². The smallest absolute Gasteiger partial charge is 0.0631 e. The van der Waals surface area contributed by atoms with E-state index in [2.05, 4.69) is 69.5 Å². The number of aryl methyl sites for hydroxylation is 1. The quantitative estimate of drug-likeness (QED) is 0.840. The van der Waals surface area contributed by atoms with Crippen LogP contribution in [0, 0.1) is 6.92 Å². The van der Waals surface area contributed by atoms with Crippen LogP contribution < -0.4 is 5.32 Å². The van der Waals surface area contributed by atoms with E-state index in [1.54, 1.807) is 0 Å². The Bertz CT molecular complexity index is 557. The number of likely N-dealkylation sites (N-methyl/N-ethyl adjacent to an activating group) is 1. The van der Waals surface area contributed by atoms with Gasteiger partial charge in [0.1, 0.15) is 0 Å². The first-order valence-electron chi connectivity index (χ1n) is 7.91. The number of hydrogen-bond acceptors (Lipinski definition) is 2. The minimum absolute atomic E-state index is 0.421. The predicted octanol–water partition coefficient (Wildman–Crippen LogP) is 3.71. The molecule has 0 radical (unpaired) electrons. The van der Waals surface area contributed by atoms with Crippen molar-refractivity contribution in [1.82, 2.24) is 15.1 Å². The number of nitrogens with zero attached hydrogens (tertiary/aromatic N) is 2. The van der Waals surface area contributed by atoms with Crippen LogP contribution >= 0.6 is 0 Å². The average Bonchev–Trinajstić information content (AvgIpc) is 2.92. The molecule has 3 nitrogen and oxygen atoms in total. The summed E-state index contributed by atoms with van der Waals surface area (Å²) in [5.41, 5.74) is 3.89. The summed E-state index contributed by atoms with van der Waals surface area (Å²) < 4.78 is 2.04. The highest BCUT2D eigenvalue weighted by Gasteiger charge is 2.14. The molecule has 0 bridgehead atoms. The topological polar surface area (TPSA) is 29.9 Å². The van der Waals surface area contributed by atoms with Gasteiger partial charge in [0.25, 0.3) is 0 Å². The summed E-state index contributed by atoms with van der Waals surface area (Å²) in [6, 6.07) is 11.4. The molecule has 1 unspecified atom stereocenters. The van der Waals surface area contributed by atoms with Crippen molar-refractivity contribution in [2.45, 2.75) is 46.1 Å². The predicted molar refractivity (Wildman–Crippen MR) is 88.8 cm³/mol. The van der Waals surface area contributed by atoms with Crippen molar-refractivity contribution in [3.63, 3.8) is 0 Å². The molecule has 1 aromatic heterocycles. The maximum Gasteiger partial charge on any atom is 0.0631 e. The molecule has 0 aliphatic heterocycles. The van der Waals surface area contributed by atoms with Crippen molar-refractivity contribution in [2.75, 3.05) is 13.1 Å². The highest BCUT2D eigenvalue weighted by atomic mass is 15.3. The highest BCUT2D eigenvalue weighted by molar-refractivity contribution is 5.27. The highest BCUT2D eigenvalue weighted by Crippen LogP contribution is 2.21. The number of aromatic nitrogens is 2. The Balaban J connectivity index is 2.15. The zero-order valence-corrected chi connectivity index (χ0v) is 13.6. The molecule has 0 aliphatic carbocycles. The standard InChI is InChI=1S/C18H27N3/c1-5-19-13-17(16-8-6-7-15(4)11-16)12-18-9-10-21(20-18)14(2)3/h6-11,14,17,19H,5,12-13H2,1-4H3. The van der Waals surface area contributed by atoms with Gasteiger partial charge in [-0.05, 0) is 45.4 Å². The van der Waals surface area contributed by atoms with Gasteiger partial charge >= 0.3 is 0 Å². The molecule has 1 atom stereocenters. The maximum absolute atomic E-state index is 4.69. The SMILES string of the molecule is CCNCC(Cc1ccn(C(C)C)n1)c1cccc(C)c1. The van der Waals surface area contributed by atoms with E-state index < -0.39 is 0 Å². The first-order valence-corrected chi connectivity index (χ1v) is 7.91. The molecule has 3 heteroatoms. The first-order chi connectivity index (χ1) is 10.1. The lowest BCUT2D eigenvalue weighted by molar-refractivity contribution is 0.518. The normalized spacial score (nSPS) is 12.8. The molecular weight excluding hydrogens is 258 g/mol. The lowest BCUT2D eigenvalue weighted by Crippen LogP contribution is -2.23. The van der Waals surface area contributed by atoms with Crippen LogP contribution in [0.2, 0.25) is 0 Å². The fraction of sp³-hybridized carbons (Fsp3) is 0.500. The van der Waals surface area contributed by atoms with Crippen molar-refractivity contribution >= 4 is 0 Å². The van der Waals surface area contributed by atoms with E-state index in [4.69, 9.17) is 5.10 Å². The molecule has 114 valence electrons. The summed E-state index contributed by atoms with van der Waals surface area (Å²) >= 11 is 0. The summed E-state index contributed by atoms with van der Waals surface area (Å²) in [7, 11) is 0. The van der Waals surface area contributed by atoms with Crippen LogP contribution in [0.25, 0.3) is 0 Å². The Morgan fingerprint density at radius 1 is 1.24 bits per heavy atom. The lowest BCUT2D eigenvalue weighted by Gasteiger charge is -2.17. The van der Waals surface area contributed by atoms with Gasteiger partial charge in [0.15, 0.2) is 0 Å². The van der Waals surface area contributed by atoms with Crippen LogP contribution in [0.3, 0.4) is 0 Å². The molecule has 0 spiro atoms. The number of hydrogen-bond donors (Lipinski definition) is 1. The van der Waals surface area contributed by atoms with E-state index in [0.29, 0.717) is 12.0 Å². The molecule has 0 saturated carbocycles. The lowest BCUT2D eigenvalue weighted by atomic mass is 9.93. The Hall–Kier alpha value is -1.61. The van der Waals surface area contributed by atoms with E-state index in [0.717, 1.165) is 19.5 Å². The molecule has 21 heavy (non-hydrogen) atoms. The maximum atomic E-state index is 4.69. The third-order valence-electron chi connectivity index (χ3n) is 3.80. The molecular formula is C18H27N3. The molecule has 0 fully saturated rings. The van der Waals surface area contributed by atoms with Crippen molar-refractivity contribution in [3.8, 4) is 0 Å². The van der Waals surface area contributed by atoms with E-state index in [1.165, 1.54) is 16.8 Å². The average molecular weight is 285 g/mol. The summed E-state index contributed by atoms with van der Waals surface area (Å²) in [6.07, 6.45) is 3.07. The zero-order chi connectivity index (χ0) is 15.2.